The lowest BCUT2D eigenvalue weighted by atomic mass is 9.81. The number of rotatable bonds is 5. The van der Waals surface area contributed by atoms with Gasteiger partial charge in [0.2, 0.25) is 0 Å². The number of alkyl halides is 3. The van der Waals surface area contributed by atoms with Crippen molar-refractivity contribution in [1.82, 2.24) is 9.97 Å². The molecule has 2 heterocycles. The predicted octanol–water partition coefficient (Wildman–Crippen LogP) is 6.24. The fraction of sp³-hybridized carbons (Fsp3) is 0.320. The molecular weight excluding hydrogens is 429 g/mol. The summed E-state index contributed by atoms with van der Waals surface area (Å²) in [5.41, 5.74) is 2.21. The zero-order chi connectivity index (χ0) is 23.4. The van der Waals surface area contributed by atoms with Crippen molar-refractivity contribution in [2.24, 2.45) is 0 Å². The number of benzene rings is 1. The first-order valence-corrected chi connectivity index (χ1v) is 10.7. The van der Waals surface area contributed by atoms with Crippen LogP contribution >= 0.6 is 0 Å². The average Bonchev–Trinajstić information content (AvgIpc) is 2.85. The van der Waals surface area contributed by atoms with Crippen molar-refractivity contribution in [3.8, 4) is 11.8 Å². The summed E-state index contributed by atoms with van der Waals surface area (Å²) in [6.07, 6.45) is 4.17. The molecule has 0 spiro atoms. The maximum absolute atomic E-state index is 13.1. The van der Waals surface area contributed by atoms with E-state index < -0.39 is 11.7 Å². The predicted molar refractivity (Wildman–Crippen MR) is 118 cm³/mol. The van der Waals surface area contributed by atoms with E-state index in [-0.39, 0.29) is 6.04 Å². The van der Waals surface area contributed by atoms with Gasteiger partial charge in [-0.2, -0.15) is 18.4 Å². The molecule has 0 unspecified atom stereocenters. The van der Waals surface area contributed by atoms with Gasteiger partial charge in [-0.3, -0.25) is 4.98 Å². The highest BCUT2D eigenvalue weighted by atomic mass is 19.4. The van der Waals surface area contributed by atoms with Gasteiger partial charge in [-0.05, 0) is 67.5 Å². The van der Waals surface area contributed by atoms with Gasteiger partial charge in [-0.25, -0.2) is 4.98 Å². The molecule has 5 nitrogen and oxygen atoms in total. The highest BCUT2D eigenvalue weighted by Gasteiger charge is 2.32. The van der Waals surface area contributed by atoms with Crippen molar-refractivity contribution in [3.63, 3.8) is 0 Å². The van der Waals surface area contributed by atoms with Crippen molar-refractivity contribution < 1.29 is 17.9 Å². The van der Waals surface area contributed by atoms with Gasteiger partial charge < -0.3 is 9.64 Å². The standard InChI is InChI=1S/C25H23F3N4O/c1-33-24-12-13-30-16-23(24)32(22-10-5-19(6-11-22)25(26,27)28)21-8-3-17(4-9-21)18-2-7-20(14-29)31-15-18/h2,5-7,10-13,15-17,21H,3-4,8-9H2,1H3. The number of nitrogens with zero attached hydrogens (tertiary/aromatic N) is 4. The number of ether oxygens (including phenoxy) is 1. The minimum absolute atomic E-state index is 0.0717. The molecule has 1 saturated carbocycles. The van der Waals surface area contributed by atoms with E-state index in [1.165, 1.54) is 12.1 Å². The van der Waals surface area contributed by atoms with Crippen LogP contribution in [0.15, 0.2) is 61.1 Å². The Labute approximate surface area is 190 Å². The van der Waals surface area contributed by atoms with E-state index in [0.717, 1.165) is 49.1 Å². The SMILES string of the molecule is COc1ccncc1N(c1ccc(C(F)(F)F)cc1)C1CCC(c2ccc(C#N)nc2)CC1. The third-order valence-corrected chi connectivity index (χ3v) is 6.15. The number of aromatic nitrogens is 2. The molecule has 1 aromatic carbocycles. The zero-order valence-electron chi connectivity index (χ0n) is 18.1. The van der Waals surface area contributed by atoms with Gasteiger partial charge in [0, 0.05) is 30.2 Å². The minimum Gasteiger partial charge on any atom is -0.494 e. The fourth-order valence-corrected chi connectivity index (χ4v) is 4.46. The Balaban J connectivity index is 1.61. The maximum atomic E-state index is 13.1. The van der Waals surface area contributed by atoms with E-state index in [1.54, 1.807) is 37.8 Å². The lowest BCUT2D eigenvalue weighted by Crippen LogP contribution is -2.34. The lowest BCUT2D eigenvalue weighted by Gasteiger charge is -2.39. The Morgan fingerprint density at radius 2 is 1.73 bits per heavy atom. The van der Waals surface area contributed by atoms with Crippen molar-refractivity contribution in [2.45, 2.75) is 43.8 Å². The van der Waals surface area contributed by atoms with Gasteiger partial charge in [0.1, 0.15) is 23.2 Å². The van der Waals surface area contributed by atoms with Crippen molar-refractivity contribution in [2.75, 3.05) is 12.0 Å². The van der Waals surface area contributed by atoms with Crippen LogP contribution in [0.5, 0.6) is 5.75 Å². The topological polar surface area (TPSA) is 62.0 Å². The third-order valence-electron chi connectivity index (χ3n) is 6.15. The smallest absolute Gasteiger partial charge is 0.416 e. The van der Waals surface area contributed by atoms with E-state index in [0.29, 0.717) is 23.0 Å². The Kier molecular flexibility index (Phi) is 6.50. The second kappa shape index (κ2) is 9.49. The summed E-state index contributed by atoms with van der Waals surface area (Å²) in [4.78, 5) is 10.5. The van der Waals surface area contributed by atoms with Crippen molar-refractivity contribution in [3.05, 3.63) is 77.9 Å². The van der Waals surface area contributed by atoms with Crippen molar-refractivity contribution in [1.29, 1.82) is 5.26 Å². The molecule has 0 aliphatic heterocycles. The molecule has 33 heavy (non-hydrogen) atoms. The fourth-order valence-electron chi connectivity index (χ4n) is 4.46. The Morgan fingerprint density at radius 3 is 2.30 bits per heavy atom. The second-order valence-electron chi connectivity index (χ2n) is 8.06. The molecule has 0 amide bonds. The third kappa shape index (κ3) is 4.92. The molecule has 0 N–H and O–H groups in total. The first kappa shape index (κ1) is 22.6. The number of methoxy groups -OCH3 is 1. The molecule has 8 heteroatoms. The normalized spacial score (nSPS) is 18.4. The number of pyridine rings is 2. The van der Waals surface area contributed by atoms with Crippen LogP contribution in [0.2, 0.25) is 0 Å². The van der Waals surface area contributed by atoms with E-state index >= 15 is 0 Å². The van der Waals surface area contributed by atoms with Gasteiger partial charge in [0.15, 0.2) is 0 Å². The molecule has 1 aliphatic carbocycles. The molecule has 0 atom stereocenters. The quantitative estimate of drug-likeness (QED) is 0.459. The summed E-state index contributed by atoms with van der Waals surface area (Å²) in [5.74, 6) is 0.940. The number of hydrogen-bond acceptors (Lipinski definition) is 5. The summed E-state index contributed by atoms with van der Waals surface area (Å²) in [5, 5.41) is 8.96. The summed E-state index contributed by atoms with van der Waals surface area (Å²) in [6, 6.07) is 12.8. The highest BCUT2D eigenvalue weighted by molar-refractivity contribution is 5.69. The van der Waals surface area contributed by atoms with Crippen LogP contribution in [0.25, 0.3) is 0 Å². The number of hydrogen-bond donors (Lipinski definition) is 0. The van der Waals surface area contributed by atoms with E-state index in [9.17, 15) is 13.2 Å². The van der Waals surface area contributed by atoms with E-state index in [1.807, 2.05) is 17.0 Å². The molecule has 0 saturated heterocycles. The van der Waals surface area contributed by atoms with Crippen LogP contribution in [0, 0.1) is 11.3 Å². The Bertz CT molecular complexity index is 1120. The molecule has 2 aromatic heterocycles. The molecule has 1 aliphatic rings. The van der Waals surface area contributed by atoms with Crippen LogP contribution in [0.4, 0.5) is 24.5 Å². The van der Waals surface area contributed by atoms with Crippen LogP contribution < -0.4 is 9.64 Å². The molecule has 170 valence electrons. The summed E-state index contributed by atoms with van der Waals surface area (Å²) < 4.78 is 44.8. The highest BCUT2D eigenvalue weighted by Crippen LogP contribution is 2.42. The largest absolute Gasteiger partial charge is 0.494 e. The summed E-state index contributed by atoms with van der Waals surface area (Å²) in [6.45, 7) is 0. The Hall–Kier alpha value is -3.60. The first-order valence-electron chi connectivity index (χ1n) is 10.7. The molecular formula is C25H23F3N4O. The molecule has 4 rings (SSSR count). The number of halogens is 3. The van der Waals surface area contributed by atoms with Crippen LogP contribution in [0.1, 0.15) is 48.4 Å². The molecule has 0 bridgehead atoms. The van der Waals surface area contributed by atoms with Gasteiger partial charge in [0.05, 0.1) is 18.9 Å². The molecule has 3 aromatic rings. The van der Waals surface area contributed by atoms with Gasteiger partial charge in [-0.1, -0.05) is 6.07 Å². The van der Waals surface area contributed by atoms with Gasteiger partial charge in [0.25, 0.3) is 0 Å². The van der Waals surface area contributed by atoms with Crippen LogP contribution in [-0.4, -0.2) is 23.1 Å². The minimum atomic E-state index is -4.39. The average molecular weight is 452 g/mol. The van der Waals surface area contributed by atoms with Gasteiger partial charge >= 0.3 is 6.18 Å². The van der Waals surface area contributed by atoms with Crippen LogP contribution in [0.3, 0.4) is 0 Å². The zero-order valence-corrected chi connectivity index (χ0v) is 18.1. The number of anilines is 2. The maximum Gasteiger partial charge on any atom is 0.416 e. The summed E-state index contributed by atoms with van der Waals surface area (Å²) >= 11 is 0. The van der Waals surface area contributed by atoms with Gasteiger partial charge in [-0.15, -0.1) is 0 Å². The Morgan fingerprint density at radius 1 is 1.00 bits per heavy atom. The first-order chi connectivity index (χ1) is 15.9. The lowest BCUT2D eigenvalue weighted by molar-refractivity contribution is -0.137. The van der Waals surface area contributed by atoms with E-state index in [2.05, 4.69) is 9.97 Å². The molecule has 0 radical (unpaired) electrons. The monoisotopic (exact) mass is 452 g/mol. The van der Waals surface area contributed by atoms with E-state index in [4.69, 9.17) is 10.00 Å². The molecule has 1 fully saturated rings. The number of nitriles is 1. The summed E-state index contributed by atoms with van der Waals surface area (Å²) in [7, 11) is 1.57. The second-order valence-corrected chi connectivity index (χ2v) is 8.06. The van der Waals surface area contributed by atoms with Crippen LogP contribution in [-0.2, 0) is 6.18 Å². The van der Waals surface area contributed by atoms with Crippen molar-refractivity contribution >= 4 is 11.4 Å².